The summed E-state index contributed by atoms with van der Waals surface area (Å²) >= 11 is 6.18. The lowest BCUT2D eigenvalue weighted by molar-refractivity contribution is 0.641. The molecule has 0 aliphatic carbocycles. The Morgan fingerprint density at radius 2 is 2.24 bits per heavy atom. The first-order chi connectivity index (χ1) is 8.16. The van der Waals surface area contributed by atoms with Crippen molar-refractivity contribution < 1.29 is 0 Å². The molecule has 0 bridgehead atoms. The van der Waals surface area contributed by atoms with E-state index in [1.54, 1.807) is 11.6 Å². The second-order valence-electron chi connectivity index (χ2n) is 4.28. The average molecular weight is 250 g/mol. The first-order valence-corrected chi connectivity index (χ1v) is 5.93. The van der Waals surface area contributed by atoms with E-state index in [0.717, 1.165) is 22.8 Å². The molecule has 0 spiro atoms. The molecule has 2 heterocycles. The summed E-state index contributed by atoms with van der Waals surface area (Å²) in [5, 5.41) is 5.05. The zero-order valence-electron chi connectivity index (χ0n) is 9.48. The quantitative estimate of drug-likeness (QED) is 0.708. The first-order valence-electron chi connectivity index (χ1n) is 5.56. The number of halogens is 1. The number of aryl methyl sites for hydroxylation is 1. The number of rotatable bonds is 0. The molecular formula is C12H12ClN3O. The summed E-state index contributed by atoms with van der Waals surface area (Å²) in [6, 6.07) is 5.89. The summed E-state index contributed by atoms with van der Waals surface area (Å²) in [6.07, 6.45) is 1.46. The van der Waals surface area contributed by atoms with Gasteiger partial charge in [0.2, 0.25) is 0 Å². The lowest BCUT2D eigenvalue weighted by Crippen LogP contribution is -2.23. The summed E-state index contributed by atoms with van der Waals surface area (Å²) in [4.78, 5) is 11.8. The molecule has 0 radical (unpaired) electrons. The van der Waals surface area contributed by atoms with Crippen molar-refractivity contribution in [3.05, 3.63) is 50.7 Å². The molecule has 88 valence electrons. The van der Waals surface area contributed by atoms with Crippen molar-refractivity contribution in [2.24, 2.45) is 7.05 Å². The molecule has 5 heteroatoms. The third kappa shape index (κ3) is 1.60. The maximum atomic E-state index is 11.8. The van der Waals surface area contributed by atoms with Crippen LogP contribution in [0.4, 0.5) is 0 Å². The summed E-state index contributed by atoms with van der Waals surface area (Å²) in [5.41, 5.74) is 2.26. The third-order valence-corrected chi connectivity index (χ3v) is 3.59. The second kappa shape index (κ2) is 3.74. The standard InChI is InChI=1S/C12H12ClN3O/c1-15-12(17)16-6-5-9-8(7-11(16)14-15)3-2-4-10(9)13/h2-4H,5-7H2,1H3. The molecule has 0 atom stereocenters. The highest BCUT2D eigenvalue weighted by Crippen LogP contribution is 2.25. The van der Waals surface area contributed by atoms with Crippen LogP contribution in [0, 0.1) is 0 Å². The van der Waals surface area contributed by atoms with Crippen LogP contribution in [0.1, 0.15) is 17.0 Å². The van der Waals surface area contributed by atoms with Gasteiger partial charge in [-0.2, -0.15) is 5.10 Å². The van der Waals surface area contributed by atoms with E-state index < -0.39 is 0 Å². The molecule has 17 heavy (non-hydrogen) atoms. The molecule has 1 aliphatic heterocycles. The van der Waals surface area contributed by atoms with Crippen LogP contribution in [-0.4, -0.2) is 14.3 Å². The van der Waals surface area contributed by atoms with Crippen molar-refractivity contribution in [1.29, 1.82) is 0 Å². The van der Waals surface area contributed by atoms with Crippen molar-refractivity contribution >= 4 is 11.6 Å². The monoisotopic (exact) mass is 249 g/mol. The van der Waals surface area contributed by atoms with E-state index in [1.807, 2.05) is 12.1 Å². The Bertz CT molecular complexity index is 642. The summed E-state index contributed by atoms with van der Waals surface area (Å²) in [7, 11) is 1.68. The maximum Gasteiger partial charge on any atom is 0.345 e. The van der Waals surface area contributed by atoms with Crippen LogP contribution in [0.5, 0.6) is 0 Å². The van der Waals surface area contributed by atoms with Crippen molar-refractivity contribution in [1.82, 2.24) is 14.3 Å². The van der Waals surface area contributed by atoms with Crippen LogP contribution in [-0.2, 0) is 26.4 Å². The smallest absolute Gasteiger partial charge is 0.278 e. The lowest BCUT2D eigenvalue weighted by Gasteiger charge is -2.06. The second-order valence-corrected chi connectivity index (χ2v) is 4.69. The number of fused-ring (bicyclic) bond motifs is 2. The van der Waals surface area contributed by atoms with Gasteiger partial charge in [-0.05, 0) is 23.6 Å². The van der Waals surface area contributed by atoms with E-state index in [4.69, 9.17) is 11.6 Å². The molecule has 0 saturated carbocycles. The number of nitrogens with zero attached hydrogens (tertiary/aromatic N) is 3. The van der Waals surface area contributed by atoms with Gasteiger partial charge in [0, 0.05) is 25.0 Å². The normalized spacial score (nSPS) is 14.0. The Morgan fingerprint density at radius 1 is 1.41 bits per heavy atom. The van der Waals surface area contributed by atoms with E-state index in [9.17, 15) is 4.79 Å². The number of aromatic nitrogens is 3. The minimum atomic E-state index is -0.0519. The Hall–Kier alpha value is -1.55. The predicted molar refractivity (Wildman–Crippen MR) is 65.4 cm³/mol. The maximum absolute atomic E-state index is 11.8. The molecule has 1 aromatic heterocycles. The number of hydrogen-bond acceptors (Lipinski definition) is 2. The van der Waals surface area contributed by atoms with E-state index in [0.29, 0.717) is 13.0 Å². The Balaban J connectivity index is 2.16. The zero-order valence-corrected chi connectivity index (χ0v) is 10.2. The molecule has 0 saturated heterocycles. The van der Waals surface area contributed by atoms with Crippen LogP contribution < -0.4 is 5.69 Å². The Morgan fingerprint density at radius 3 is 3.06 bits per heavy atom. The fourth-order valence-corrected chi connectivity index (χ4v) is 2.64. The van der Waals surface area contributed by atoms with Crippen LogP contribution >= 0.6 is 11.6 Å². The largest absolute Gasteiger partial charge is 0.345 e. The van der Waals surface area contributed by atoms with Gasteiger partial charge in [0.05, 0.1) is 0 Å². The van der Waals surface area contributed by atoms with E-state index >= 15 is 0 Å². The van der Waals surface area contributed by atoms with Gasteiger partial charge < -0.3 is 0 Å². The summed E-state index contributed by atoms with van der Waals surface area (Å²) in [5.74, 6) is 0.818. The molecular weight excluding hydrogens is 238 g/mol. The summed E-state index contributed by atoms with van der Waals surface area (Å²) in [6.45, 7) is 0.652. The SMILES string of the molecule is Cn1nc2n(c1=O)CCc1c(Cl)cccc1C2. The molecule has 0 N–H and O–H groups in total. The van der Waals surface area contributed by atoms with Gasteiger partial charge in [-0.3, -0.25) is 4.57 Å². The van der Waals surface area contributed by atoms with E-state index in [1.165, 1.54) is 10.2 Å². The minimum Gasteiger partial charge on any atom is -0.278 e. The molecule has 3 rings (SSSR count). The van der Waals surface area contributed by atoms with Gasteiger partial charge in [-0.1, -0.05) is 23.7 Å². The molecule has 1 aliphatic rings. The molecule has 1 aromatic carbocycles. The topological polar surface area (TPSA) is 39.8 Å². The van der Waals surface area contributed by atoms with Crippen molar-refractivity contribution in [3.8, 4) is 0 Å². The zero-order chi connectivity index (χ0) is 12.0. The van der Waals surface area contributed by atoms with Crippen molar-refractivity contribution in [3.63, 3.8) is 0 Å². The van der Waals surface area contributed by atoms with E-state index in [-0.39, 0.29) is 5.69 Å². The molecule has 0 amide bonds. The van der Waals surface area contributed by atoms with Crippen molar-refractivity contribution in [2.45, 2.75) is 19.4 Å². The molecule has 4 nitrogen and oxygen atoms in total. The Kier molecular flexibility index (Phi) is 2.33. The van der Waals surface area contributed by atoms with Gasteiger partial charge in [0.1, 0.15) is 5.82 Å². The fraction of sp³-hybridized carbons (Fsp3) is 0.333. The highest BCUT2D eigenvalue weighted by Gasteiger charge is 2.18. The third-order valence-electron chi connectivity index (χ3n) is 3.23. The highest BCUT2D eigenvalue weighted by atomic mass is 35.5. The van der Waals surface area contributed by atoms with E-state index in [2.05, 4.69) is 11.2 Å². The van der Waals surface area contributed by atoms with Crippen LogP contribution in [0.15, 0.2) is 23.0 Å². The average Bonchev–Trinajstić information content (AvgIpc) is 2.50. The number of hydrogen-bond donors (Lipinski definition) is 0. The van der Waals surface area contributed by atoms with Gasteiger partial charge in [-0.25, -0.2) is 9.48 Å². The lowest BCUT2D eigenvalue weighted by atomic mass is 10.0. The fourth-order valence-electron chi connectivity index (χ4n) is 2.35. The van der Waals surface area contributed by atoms with Gasteiger partial charge in [-0.15, -0.1) is 0 Å². The van der Waals surface area contributed by atoms with Gasteiger partial charge >= 0.3 is 5.69 Å². The molecule has 0 unspecified atom stereocenters. The first kappa shape index (κ1) is 10.6. The number of benzene rings is 1. The Labute approximate surface area is 103 Å². The van der Waals surface area contributed by atoms with Crippen LogP contribution in [0.2, 0.25) is 5.02 Å². The summed E-state index contributed by atoms with van der Waals surface area (Å²) < 4.78 is 3.13. The van der Waals surface area contributed by atoms with Gasteiger partial charge in [0.25, 0.3) is 0 Å². The predicted octanol–water partition coefficient (Wildman–Crippen LogP) is 1.38. The molecule has 2 aromatic rings. The molecule has 0 fully saturated rings. The van der Waals surface area contributed by atoms with Crippen molar-refractivity contribution in [2.75, 3.05) is 0 Å². The van der Waals surface area contributed by atoms with Crippen LogP contribution in [0.25, 0.3) is 0 Å². The minimum absolute atomic E-state index is 0.0519. The highest BCUT2D eigenvalue weighted by molar-refractivity contribution is 6.31. The van der Waals surface area contributed by atoms with Crippen LogP contribution in [0.3, 0.4) is 0 Å². The van der Waals surface area contributed by atoms with Gasteiger partial charge in [0.15, 0.2) is 0 Å².